The molecule has 2 rings (SSSR count). The lowest BCUT2D eigenvalue weighted by Gasteiger charge is -2.41. The molecule has 88 valence electrons. The maximum Gasteiger partial charge on any atom is 0.0615 e. The summed E-state index contributed by atoms with van der Waals surface area (Å²) in [5.41, 5.74) is 1.25. The number of hydrogen-bond acceptors (Lipinski definition) is 3. The molecule has 1 saturated heterocycles. The summed E-state index contributed by atoms with van der Waals surface area (Å²) < 4.78 is 0. The van der Waals surface area contributed by atoms with Crippen LogP contribution in [-0.4, -0.2) is 34.2 Å². The van der Waals surface area contributed by atoms with E-state index in [-0.39, 0.29) is 11.5 Å². The quantitative estimate of drug-likeness (QED) is 0.823. The maximum atomic E-state index is 9.88. The summed E-state index contributed by atoms with van der Waals surface area (Å²) in [4.78, 5) is 6.52. The van der Waals surface area contributed by atoms with E-state index in [1.807, 2.05) is 12.3 Å². The summed E-state index contributed by atoms with van der Waals surface area (Å²) in [5.74, 6) is 0. The number of rotatable bonds is 2. The largest absolute Gasteiger partial charge is 0.392 e. The minimum absolute atomic E-state index is 0.000455. The molecule has 16 heavy (non-hydrogen) atoms. The zero-order chi connectivity index (χ0) is 11.6. The first-order valence-corrected chi connectivity index (χ1v) is 5.87. The van der Waals surface area contributed by atoms with Crippen molar-refractivity contribution in [3.8, 4) is 0 Å². The summed E-state index contributed by atoms with van der Waals surface area (Å²) in [6.45, 7) is 7.12. The highest BCUT2D eigenvalue weighted by atomic mass is 16.3. The number of nitrogens with zero attached hydrogens (tertiary/aromatic N) is 2. The van der Waals surface area contributed by atoms with Crippen molar-refractivity contribution in [1.29, 1.82) is 0 Å². The van der Waals surface area contributed by atoms with Crippen molar-refractivity contribution in [1.82, 2.24) is 9.88 Å². The van der Waals surface area contributed by atoms with Gasteiger partial charge in [-0.15, -0.1) is 0 Å². The van der Waals surface area contributed by atoms with Gasteiger partial charge in [0.25, 0.3) is 0 Å². The maximum absolute atomic E-state index is 9.88. The molecule has 3 heteroatoms. The van der Waals surface area contributed by atoms with E-state index in [0.29, 0.717) is 0 Å². The third-order valence-electron chi connectivity index (χ3n) is 3.38. The molecule has 1 atom stereocenters. The van der Waals surface area contributed by atoms with Crippen molar-refractivity contribution in [3.63, 3.8) is 0 Å². The first-order valence-electron chi connectivity index (χ1n) is 5.87. The van der Waals surface area contributed by atoms with E-state index in [1.165, 1.54) is 5.56 Å². The van der Waals surface area contributed by atoms with Crippen LogP contribution in [0.15, 0.2) is 24.5 Å². The molecule has 1 aliphatic rings. The number of likely N-dealkylation sites (tertiary alicyclic amines) is 1. The molecule has 1 aromatic heterocycles. The van der Waals surface area contributed by atoms with Crippen LogP contribution in [0.2, 0.25) is 0 Å². The Hall–Kier alpha value is -0.930. The molecule has 0 radical (unpaired) electrons. The van der Waals surface area contributed by atoms with Crippen molar-refractivity contribution in [2.45, 2.75) is 32.9 Å². The fraction of sp³-hybridized carbons (Fsp3) is 0.615. The normalized spacial score (nSPS) is 25.6. The van der Waals surface area contributed by atoms with E-state index in [4.69, 9.17) is 0 Å². The summed E-state index contributed by atoms with van der Waals surface area (Å²) in [5, 5.41) is 9.88. The monoisotopic (exact) mass is 220 g/mol. The van der Waals surface area contributed by atoms with E-state index >= 15 is 0 Å². The first kappa shape index (κ1) is 11.6. The Balaban J connectivity index is 1.97. The van der Waals surface area contributed by atoms with Crippen LogP contribution in [0.3, 0.4) is 0 Å². The van der Waals surface area contributed by atoms with Gasteiger partial charge in [-0.3, -0.25) is 9.88 Å². The lowest BCUT2D eigenvalue weighted by Crippen LogP contribution is -2.48. The zero-order valence-corrected chi connectivity index (χ0v) is 10.1. The molecule has 0 bridgehead atoms. The average Bonchev–Trinajstić information content (AvgIpc) is 2.25. The van der Waals surface area contributed by atoms with Crippen molar-refractivity contribution in [2.75, 3.05) is 13.1 Å². The van der Waals surface area contributed by atoms with Gasteiger partial charge in [-0.25, -0.2) is 0 Å². The molecule has 0 aromatic carbocycles. The number of aliphatic hydroxyl groups excluding tert-OH is 1. The summed E-state index contributed by atoms with van der Waals surface area (Å²) >= 11 is 0. The van der Waals surface area contributed by atoms with Crippen LogP contribution in [-0.2, 0) is 6.54 Å². The second-order valence-electron chi connectivity index (χ2n) is 5.36. The van der Waals surface area contributed by atoms with Crippen LogP contribution in [0.5, 0.6) is 0 Å². The summed E-state index contributed by atoms with van der Waals surface area (Å²) in [6, 6.07) is 4.07. The highest BCUT2D eigenvalue weighted by Gasteiger charge is 2.34. The van der Waals surface area contributed by atoms with Crippen molar-refractivity contribution >= 4 is 0 Å². The number of aliphatic hydroxyl groups is 1. The van der Waals surface area contributed by atoms with Crippen LogP contribution in [0.25, 0.3) is 0 Å². The average molecular weight is 220 g/mol. The molecule has 1 aromatic rings. The Morgan fingerprint density at radius 3 is 3.00 bits per heavy atom. The van der Waals surface area contributed by atoms with Crippen LogP contribution in [0.1, 0.15) is 25.8 Å². The van der Waals surface area contributed by atoms with Gasteiger partial charge in [0, 0.05) is 37.4 Å². The molecule has 1 aliphatic heterocycles. The third-order valence-corrected chi connectivity index (χ3v) is 3.38. The number of pyridine rings is 1. The first-order chi connectivity index (χ1) is 7.58. The molecule has 0 saturated carbocycles. The van der Waals surface area contributed by atoms with E-state index < -0.39 is 0 Å². The van der Waals surface area contributed by atoms with Gasteiger partial charge < -0.3 is 5.11 Å². The van der Waals surface area contributed by atoms with Crippen LogP contribution < -0.4 is 0 Å². The SMILES string of the molecule is CC1(C)CN(Cc2cccnc2)CCC1O. The fourth-order valence-corrected chi connectivity index (χ4v) is 2.34. The van der Waals surface area contributed by atoms with Crippen molar-refractivity contribution in [2.24, 2.45) is 5.41 Å². The molecule has 0 aliphatic carbocycles. The highest BCUT2D eigenvalue weighted by Crippen LogP contribution is 2.29. The van der Waals surface area contributed by atoms with Crippen molar-refractivity contribution < 1.29 is 5.11 Å². The van der Waals surface area contributed by atoms with Gasteiger partial charge >= 0.3 is 0 Å². The topological polar surface area (TPSA) is 36.4 Å². The third kappa shape index (κ3) is 2.60. The van der Waals surface area contributed by atoms with E-state index in [0.717, 1.165) is 26.1 Å². The second-order valence-corrected chi connectivity index (χ2v) is 5.36. The lowest BCUT2D eigenvalue weighted by atomic mass is 9.81. The predicted molar refractivity (Wildman–Crippen MR) is 63.9 cm³/mol. The van der Waals surface area contributed by atoms with Crippen LogP contribution in [0, 0.1) is 5.41 Å². The number of aromatic nitrogens is 1. The molecule has 1 N–H and O–H groups in total. The Morgan fingerprint density at radius 2 is 2.38 bits per heavy atom. The van der Waals surface area contributed by atoms with Gasteiger partial charge in [-0.05, 0) is 18.1 Å². The minimum Gasteiger partial charge on any atom is -0.392 e. The Bertz CT molecular complexity index is 337. The van der Waals surface area contributed by atoms with Gasteiger partial charge in [0.2, 0.25) is 0 Å². The van der Waals surface area contributed by atoms with Crippen LogP contribution >= 0.6 is 0 Å². The number of piperidine rings is 1. The minimum atomic E-state index is -0.169. The molecular formula is C13H20N2O. The molecule has 1 unspecified atom stereocenters. The van der Waals surface area contributed by atoms with Crippen molar-refractivity contribution in [3.05, 3.63) is 30.1 Å². The molecule has 3 nitrogen and oxygen atoms in total. The van der Waals surface area contributed by atoms with E-state index in [1.54, 1.807) is 6.20 Å². The standard InChI is InChI=1S/C13H20N2O/c1-13(2)10-15(7-5-12(13)16)9-11-4-3-6-14-8-11/h3-4,6,8,12,16H,5,7,9-10H2,1-2H3. The smallest absolute Gasteiger partial charge is 0.0615 e. The molecular weight excluding hydrogens is 200 g/mol. The van der Waals surface area contributed by atoms with E-state index in [2.05, 4.69) is 29.8 Å². The predicted octanol–water partition coefficient (Wildman–Crippen LogP) is 1.67. The van der Waals surface area contributed by atoms with E-state index in [9.17, 15) is 5.11 Å². The summed E-state index contributed by atoms with van der Waals surface area (Å²) in [7, 11) is 0. The number of hydrogen-bond donors (Lipinski definition) is 1. The molecule has 1 fully saturated rings. The molecule has 0 spiro atoms. The van der Waals surface area contributed by atoms with Gasteiger partial charge in [0.05, 0.1) is 6.10 Å². The van der Waals surface area contributed by atoms with Gasteiger partial charge in [0.1, 0.15) is 0 Å². The van der Waals surface area contributed by atoms with Gasteiger partial charge in [0.15, 0.2) is 0 Å². The zero-order valence-electron chi connectivity index (χ0n) is 10.1. The van der Waals surface area contributed by atoms with Gasteiger partial charge in [-0.2, -0.15) is 0 Å². The second kappa shape index (κ2) is 4.52. The Kier molecular flexibility index (Phi) is 3.26. The summed E-state index contributed by atoms with van der Waals surface area (Å²) in [6.07, 6.45) is 4.41. The van der Waals surface area contributed by atoms with Gasteiger partial charge in [-0.1, -0.05) is 19.9 Å². The Morgan fingerprint density at radius 1 is 1.56 bits per heavy atom. The Labute approximate surface area is 97.1 Å². The highest BCUT2D eigenvalue weighted by molar-refractivity contribution is 5.08. The van der Waals surface area contributed by atoms with Crippen LogP contribution in [0.4, 0.5) is 0 Å². The fourth-order valence-electron chi connectivity index (χ4n) is 2.34. The molecule has 2 heterocycles. The lowest BCUT2D eigenvalue weighted by molar-refractivity contribution is -0.0270. The molecule has 0 amide bonds.